The van der Waals surface area contributed by atoms with Crippen LogP contribution >= 0.6 is 0 Å². The van der Waals surface area contributed by atoms with Crippen molar-refractivity contribution >= 4 is 29.3 Å². The highest BCUT2D eigenvalue weighted by Crippen LogP contribution is 2.25. The normalized spacial score (nSPS) is 17.6. The van der Waals surface area contributed by atoms with E-state index in [-0.39, 0.29) is 44.8 Å². The topological polar surface area (TPSA) is 114 Å². The maximum atomic E-state index is 12.7. The Hall–Kier alpha value is -3.62. The van der Waals surface area contributed by atoms with Gasteiger partial charge in [-0.2, -0.15) is 18.4 Å². The van der Waals surface area contributed by atoms with Crippen molar-refractivity contribution < 1.29 is 32.3 Å². The Kier molecular flexibility index (Phi) is 9.00. The third-order valence-corrected chi connectivity index (χ3v) is 5.45. The molecule has 1 aliphatic heterocycles. The zero-order chi connectivity index (χ0) is 25.5. The average Bonchev–Trinajstić information content (AvgIpc) is 3.23. The number of carbonyl (C=O) groups is 4. The molecule has 184 valence electrons. The summed E-state index contributed by atoms with van der Waals surface area (Å²) in [5, 5.41) is 12.2. The van der Waals surface area contributed by atoms with Gasteiger partial charge in [0.05, 0.1) is 18.5 Å². The first-order valence-corrected chi connectivity index (χ1v) is 10.5. The number of amides is 4. The lowest BCUT2D eigenvalue weighted by Gasteiger charge is -2.24. The van der Waals surface area contributed by atoms with Crippen LogP contribution in [0.5, 0.6) is 0 Å². The highest BCUT2D eigenvalue weighted by atomic mass is 19.4. The zero-order valence-electron chi connectivity index (χ0n) is 18.8. The van der Waals surface area contributed by atoms with E-state index in [2.05, 4.69) is 5.32 Å². The Morgan fingerprint density at radius 1 is 1.15 bits per heavy atom. The lowest BCUT2D eigenvalue weighted by Crippen LogP contribution is -2.43. The molecular formula is C22H26F3N5O4. The Balaban J connectivity index is 1.85. The van der Waals surface area contributed by atoms with Crippen LogP contribution in [0, 0.1) is 17.2 Å². The van der Waals surface area contributed by atoms with Gasteiger partial charge < -0.3 is 20.0 Å². The number of nitrogens with zero attached hydrogens (tertiary/aromatic N) is 4. The summed E-state index contributed by atoms with van der Waals surface area (Å²) < 4.78 is 37.2. The minimum Gasteiger partial charge on any atom is -0.338 e. The summed E-state index contributed by atoms with van der Waals surface area (Å²) in [5.41, 5.74) is 0.596. The van der Waals surface area contributed by atoms with Gasteiger partial charge in [-0.1, -0.05) is 18.2 Å². The molecule has 1 saturated heterocycles. The van der Waals surface area contributed by atoms with Crippen molar-refractivity contribution in [1.82, 2.24) is 14.7 Å². The Morgan fingerprint density at radius 3 is 2.38 bits per heavy atom. The van der Waals surface area contributed by atoms with Crippen LogP contribution < -0.4 is 5.32 Å². The molecule has 1 aliphatic rings. The van der Waals surface area contributed by atoms with Crippen molar-refractivity contribution in [2.75, 3.05) is 39.0 Å². The Labute approximate surface area is 195 Å². The second-order valence-corrected chi connectivity index (χ2v) is 8.06. The number of anilines is 1. The molecule has 2 unspecified atom stereocenters. The van der Waals surface area contributed by atoms with Crippen LogP contribution in [0.2, 0.25) is 0 Å². The molecule has 0 bridgehead atoms. The van der Waals surface area contributed by atoms with Crippen molar-refractivity contribution in [3.63, 3.8) is 0 Å². The molecule has 0 aliphatic carbocycles. The lowest BCUT2D eigenvalue weighted by atomic mass is 10.1. The molecule has 4 amide bonds. The van der Waals surface area contributed by atoms with Crippen LogP contribution in [0.3, 0.4) is 0 Å². The fourth-order valence-corrected chi connectivity index (χ4v) is 3.55. The van der Waals surface area contributed by atoms with Crippen molar-refractivity contribution in [1.29, 1.82) is 5.26 Å². The number of nitriles is 1. The van der Waals surface area contributed by atoms with Gasteiger partial charge in [0.1, 0.15) is 6.04 Å². The number of alkyl halides is 3. The molecular weight excluding hydrogens is 455 g/mol. The fraction of sp³-hybridized carbons (Fsp3) is 0.500. The van der Waals surface area contributed by atoms with Crippen LogP contribution in [0.15, 0.2) is 30.3 Å². The summed E-state index contributed by atoms with van der Waals surface area (Å²) in [7, 11) is 2.36. The predicted octanol–water partition coefficient (Wildman–Crippen LogP) is 1.63. The number of hydrogen-bond donors (Lipinski definition) is 1. The van der Waals surface area contributed by atoms with Gasteiger partial charge in [-0.25, -0.2) is 0 Å². The maximum absolute atomic E-state index is 12.7. The molecule has 9 nitrogen and oxygen atoms in total. The third kappa shape index (κ3) is 7.19. The number of hydrogen-bond acceptors (Lipinski definition) is 5. The Morgan fingerprint density at radius 2 is 1.79 bits per heavy atom. The lowest BCUT2D eigenvalue weighted by molar-refractivity contribution is -0.184. The van der Waals surface area contributed by atoms with E-state index in [0.29, 0.717) is 10.6 Å². The highest BCUT2D eigenvalue weighted by molar-refractivity contribution is 5.94. The van der Waals surface area contributed by atoms with E-state index in [1.54, 1.807) is 30.3 Å². The minimum absolute atomic E-state index is 0.0120. The maximum Gasteiger partial charge on any atom is 0.471 e. The monoisotopic (exact) mass is 481 g/mol. The molecule has 34 heavy (non-hydrogen) atoms. The molecule has 12 heteroatoms. The van der Waals surface area contributed by atoms with Gasteiger partial charge in [-0.15, -0.1) is 0 Å². The molecule has 1 aromatic rings. The molecule has 0 aromatic heterocycles. The van der Waals surface area contributed by atoms with Gasteiger partial charge in [0.15, 0.2) is 0 Å². The van der Waals surface area contributed by atoms with E-state index < -0.39 is 35.9 Å². The van der Waals surface area contributed by atoms with Gasteiger partial charge in [0, 0.05) is 39.3 Å². The first kappa shape index (κ1) is 26.6. The van der Waals surface area contributed by atoms with Crippen LogP contribution in [0.25, 0.3) is 0 Å². The number of para-hydroxylation sites is 1. The number of likely N-dealkylation sites (tertiary alicyclic amines) is 1. The molecule has 1 aromatic carbocycles. The van der Waals surface area contributed by atoms with E-state index in [4.69, 9.17) is 0 Å². The van der Waals surface area contributed by atoms with E-state index >= 15 is 0 Å². The molecule has 1 fully saturated rings. The summed E-state index contributed by atoms with van der Waals surface area (Å²) in [6, 6.07) is 9.95. The van der Waals surface area contributed by atoms with Crippen LogP contribution in [-0.4, -0.2) is 84.3 Å². The smallest absolute Gasteiger partial charge is 0.338 e. The fourth-order valence-electron chi connectivity index (χ4n) is 3.55. The average molecular weight is 481 g/mol. The largest absolute Gasteiger partial charge is 0.471 e. The molecule has 1 heterocycles. The van der Waals surface area contributed by atoms with E-state index in [1.165, 1.54) is 11.9 Å². The summed E-state index contributed by atoms with van der Waals surface area (Å²) in [6.45, 7) is -0.587. The van der Waals surface area contributed by atoms with Gasteiger partial charge in [0.25, 0.3) is 0 Å². The molecule has 1 N–H and O–H groups in total. The highest BCUT2D eigenvalue weighted by Gasteiger charge is 2.41. The molecule has 2 rings (SSSR count). The molecule has 0 radical (unpaired) electrons. The minimum atomic E-state index is -4.98. The van der Waals surface area contributed by atoms with Gasteiger partial charge in [0.2, 0.25) is 17.7 Å². The SMILES string of the molecule is CN(CC(=O)N1CC(C(=O)Nc2ccccc2)CC1C#N)C(=O)CCCN(C)C(=O)C(F)(F)F. The number of halogens is 3. The summed E-state index contributed by atoms with van der Waals surface area (Å²) in [6.07, 6.45) is -4.99. The van der Waals surface area contributed by atoms with Gasteiger partial charge >= 0.3 is 12.1 Å². The summed E-state index contributed by atoms with van der Waals surface area (Å²) >= 11 is 0. The number of likely N-dealkylation sites (N-methyl/N-ethyl adjacent to an activating group) is 1. The standard InChI is InChI=1S/C22H26F3N5O4/c1-28(21(34)22(23,24)25)10-6-9-18(31)29(2)14-19(32)30-13-15(11-17(30)12-26)20(33)27-16-7-4-3-5-8-16/h3-5,7-8,15,17H,6,9-11,13-14H2,1-2H3,(H,27,33). The van der Waals surface area contributed by atoms with Crippen LogP contribution in [-0.2, 0) is 19.2 Å². The number of rotatable bonds is 8. The van der Waals surface area contributed by atoms with E-state index in [9.17, 15) is 37.6 Å². The zero-order valence-corrected chi connectivity index (χ0v) is 18.8. The number of nitrogens with one attached hydrogen (secondary N) is 1. The van der Waals surface area contributed by atoms with E-state index in [1.807, 2.05) is 6.07 Å². The summed E-state index contributed by atoms with van der Waals surface area (Å²) in [4.78, 5) is 51.5. The van der Waals surface area contributed by atoms with Crippen molar-refractivity contribution in [3.05, 3.63) is 30.3 Å². The molecule has 0 saturated carbocycles. The predicted molar refractivity (Wildman–Crippen MR) is 115 cm³/mol. The van der Waals surface area contributed by atoms with Crippen LogP contribution in [0.1, 0.15) is 19.3 Å². The third-order valence-electron chi connectivity index (χ3n) is 5.45. The Bertz CT molecular complexity index is 948. The first-order valence-electron chi connectivity index (χ1n) is 10.5. The van der Waals surface area contributed by atoms with Gasteiger partial charge in [-0.3, -0.25) is 19.2 Å². The molecule has 0 spiro atoms. The van der Waals surface area contributed by atoms with Crippen molar-refractivity contribution in [2.24, 2.45) is 5.92 Å². The van der Waals surface area contributed by atoms with Crippen molar-refractivity contribution in [3.8, 4) is 6.07 Å². The summed E-state index contributed by atoms with van der Waals surface area (Å²) in [5.74, 6) is -3.90. The quantitative estimate of drug-likeness (QED) is 0.606. The second kappa shape index (κ2) is 11.5. The van der Waals surface area contributed by atoms with E-state index in [0.717, 1.165) is 11.9 Å². The van der Waals surface area contributed by atoms with Crippen LogP contribution in [0.4, 0.5) is 18.9 Å². The number of carbonyl (C=O) groups excluding carboxylic acids is 4. The second-order valence-electron chi connectivity index (χ2n) is 8.06. The molecule has 2 atom stereocenters. The first-order chi connectivity index (χ1) is 15.9. The van der Waals surface area contributed by atoms with Gasteiger partial charge in [-0.05, 0) is 25.0 Å². The van der Waals surface area contributed by atoms with Crippen molar-refractivity contribution in [2.45, 2.75) is 31.5 Å². The number of benzene rings is 1.